The molecule has 0 saturated heterocycles. The second kappa shape index (κ2) is 9.82. The summed E-state index contributed by atoms with van der Waals surface area (Å²) in [7, 11) is 0. The molecule has 3 aromatic rings. The Balaban J connectivity index is 1.86. The summed E-state index contributed by atoms with van der Waals surface area (Å²) in [5.74, 6) is 0.730. The molecular formula is C28H33NO4. The van der Waals surface area contributed by atoms with E-state index in [0.29, 0.717) is 29.7 Å². The van der Waals surface area contributed by atoms with Crippen LogP contribution < -0.4 is 10.2 Å². The van der Waals surface area contributed by atoms with Crippen LogP contribution in [-0.4, -0.2) is 24.0 Å². The van der Waals surface area contributed by atoms with E-state index >= 15 is 0 Å². The van der Waals surface area contributed by atoms with Gasteiger partial charge < -0.3 is 14.1 Å². The zero-order valence-electron chi connectivity index (χ0n) is 20.1. The number of hydrogen-bond acceptors (Lipinski definition) is 4. The van der Waals surface area contributed by atoms with Crippen LogP contribution >= 0.6 is 0 Å². The number of fused-ring (bicyclic) bond motifs is 2. The van der Waals surface area contributed by atoms with Gasteiger partial charge in [0.05, 0.1) is 23.6 Å². The molecule has 0 saturated carbocycles. The van der Waals surface area contributed by atoms with Gasteiger partial charge in [-0.05, 0) is 61.6 Å². The lowest BCUT2D eigenvalue weighted by atomic mass is 9.97. The number of benzene rings is 2. The number of rotatable bonds is 9. The van der Waals surface area contributed by atoms with E-state index in [0.717, 1.165) is 54.5 Å². The summed E-state index contributed by atoms with van der Waals surface area (Å²) in [6.07, 6.45) is 4.99. The Morgan fingerprint density at radius 2 is 1.79 bits per heavy atom. The number of carbonyl (C=O) groups excluding carboxylic acids is 1. The Labute approximate surface area is 195 Å². The van der Waals surface area contributed by atoms with Crippen LogP contribution in [0.2, 0.25) is 0 Å². The molecule has 2 heterocycles. The molecule has 1 aliphatic rings. The van der Waals surface area contributed by atoms with Crippen LogP contribution in [0.3, 0.4) is 0 Å². The lowest BCUT2D eigenvalue weighted by molar-refractivity contribution is 0.0724. The largest absolute Gasteiger partial charge is 0.494 e. The van der Waals surface area contributed by atoms with Gasteiger partial charge in [-0.15, -0.1) is 0 Å². The van der Waals surface area contributed by atoms with Gasteiger partial charge in [0, 0.05) is 6.54 Å². The highest BCUT2D eigenvalue weighted by atomic mass is 16.5. The molecule has 1 aromatic heterocycles. The molecule has 0 N–H and O–H groups in total. The minimum Gasteiger partial charge on any atom is -0.494 e. The lowest BCUT2D eigenvalue weighted by Gasteiger charge is -2.25. The third-order valence-electron chi connectivity index (χ3n) is 6.34. The number of hydrogen-bond donors (Lipinski definition) is 0. The summed E-state index contributed by atoms with van der Waals surface area (Å²) in [4.78, 5) is 29.1. The fraction of sp³-hybridized carbons (Fsp3) is 0.429. The molecule has 0 bridgehead atoms. The van der Waals surface area contributed by atoms with Crippen molar-refractivity contribution in [2.75, 3.05) is 13.2 Å². The molecule has 4 rings (SSSR count). The van der Waals surface area contributed by atoms with Gasteiger partial charge >= 0.3 is 0 Å². The highest BCUT2D eigenvalue weighted by Crippen LogP contribution is 2.39. The first-order chi connectivity index (χ1) is 16.0. The summed E-state index contributed by atoms with van der Waals surface area (Å²) in [5, 5.41) is 0.537. The van der Waals surface area contributed by atoms with Gasteiger partial charge in [-0.1, -0.05) is 51.3 Å². The van der Waals surface area contributed by atoms with Crippen LogP contribution in [0.1, 0.15) is 84.8 Å². The molecule has 2 aromatic carbocycles. The Kier molecular flexibility index (Phi) is 6.87. The number of amides is 1. The fourth-order valence-corrected chi connectivity index (χ4v) is 4.69. The van der Waals surface area contributed by atoms with Crippen molar-refractivity contribution in [3.8, 4) is 5.75 Å². The smallest absolute Gasteiger partial charge is 0.290 e. The predicted octanol–water partition coefficient (Wildman–Crippen LogP) is 6.32. The number of ether oxygens (including phenoxy) is 1. The highest BCUT2D eigenvalue weighted by Gasteiger charge is 2.42. The lowest BCUT2D eigenvalue weighted by Crippen LogP contribution is -2.30. The molecule has 1 atom stereocenters. The Morgan fingerprint density at radius 1 is 1.00 bits per heavy atom. The van der Waals surface area contributed by atoms with Crippen LogP contribution in [0.4, 0.5) is 0 Å². The van der Waals surface area contributed by atoms with E-state index in [4.69, 9.17) is 9.15 Å². The Hall–Kier alpha value is -3.08. The molecule has 174 valence electrons. The fourth-order valence-electron chi connectivity index (χ4n) is 4.69. The van der Waals surface area contributed by atoms with Crippen molar-refractivity contribution in [2.24, 2.45) is 0 Å². The molecule has 1 aliphatic heterocycles. The molecular weight excluding hydrogens is 414 g/mol. The normalized spacial score (nSPS) is 15.3. The predicted molar refractivity (Wildman–Crippen MR) is 131 cm³/mol. The average molecular weight is 448 g/mol. The van der Waals surface area contributed by atoms with Gasteiger partial charge in [-0.2, -0.15) is 0 Å². The van der Waals surface area contributed by atoms with E-state index in [-0.39, 0.29) is 17.1 Å². The minimum atomic E-state index is -0.472. The zero-order valence-corrected chi connectivity index (χ0v) is 20.1. The number of aryl methyl sites for hydroxylation is 2. The second-order valence-electron chi connectivity index (χ2n) is 9.02. The molecule has 0 spiro atoms. The molecule has 0 aliphatic carbocycles. The van der Waals surface area contributed by atoms with Gasteiger partial charge in [-0.3, -0.25) is 9.59 Å². The molecule has 5 nitrogen and oxygen atoms in total. The number of carbonyl (C=O) groups is 1. The molecule has 33 heavy (non-hydrogen) atoms. The summed E-state index contributed by atoms with van der Waals surface area (Å²) in [6, 6.07) is 11.2. The van der Waals surface area contributed by atoms with Gasteiger partial charge in [0.1, 0.15) is 11.3 Å². The van der Waals surface area contributed by atoms with Crippen molar-refractivity contribution < 1.29 is 13.9 Å². The van der Waals surface area contributed by atoms with E-state index in [1.807, 2.05) is 50.2 Å². The molecule has 5 heteroatoms. The first-order valence-electron chi connectivity index (χ1n) is 12.1. The topological polar surface area (TPSA) is 59.8 Å². The molecule has 0 radical (unpaired) electrons. The molecule has 1 amide bonds. The zero-order chi connectivity index (χ0) is 23.5. The molecule has 1 unspecified atom stereocenters. The van der Waals surface area contributed by atoms with Crippen LogP contribution in [-0.2, 0) is 0 Å². The van der Waals surface area contributed by atoms with E-state index in [1.54, 1.807) is 4.90 Å². The van der Waals surface area contributed by atoms with Gasteiger partial charge in [0.2, 0.25) is 5.76 Å². The monoisotopic (exact) mass is 447 g/mol. The van der Waals surface area contributed by atoms with Crippen LogP contribution in [0.5, 0.6) is 5.75 Å². The maximum Gasteiger partial charge on any atom is 0.290 e. The summed E-state index contributed by atoms with van der Waals surface area (Å²) < 4.78 is 12.1. The minimum absolute atomic E-state index is 0.119. The molecule has 0 fully saturated rings. The Bertz CT molecular complexity index is 1230. The average Bonchev–Trinajstić information content (AvgIpc) is 3.07. The highest BCUT2D eigenvalue weighted by molar-refractivity contribution is 5.99. The Morgan fingerprint density at radius 3 is 2.55 bits per heavy atom. The third kappa shape index (κ3) is 4.41. The number of nitrogens with zero attached hydrogens (tertiary/aromatic N) is 1. The summed E-state index contributed by atoms with van der Waals surface area (Å²) >= 11 is 0. The van der Waals surface area contributed by atoms with Crippen molar-refractivity contribution in [1.82, 2.24) is 4.90 Å². The summed E-state index contributed by atoms with van der Waals surface area (Å²) in [6.45, 7) is 9.37. The maximum atomic E-state index is 13.8. The third-order valence-corrected chi connectivity index (χ3v) is 6.34. The van der Waals surface area contributed by atoms with Crippen molar-refractivity contribution >= 4 is 16.9 Å². The van der Waals surface area contributed by atoms with Crippen LogP contribution in [0.15, 0.2) is 45.6 Å². The van der Waals surface area contributed by atoms with Gasteiger partial charge in [0.15, 0.2) is 5.43 Å². The van der Waals surface area contributed by atoms with Crippen molar-refractivity contribution in [2.45, 2.75) is 65.8 Å². The van der Waals surface area contributed by atoms with Crippen molar-refractivity contribution in [3.05, 3.63) is 74.6 Å². The number of unbranched alkanes of at least 4 members (excludes halogenated alkanes) is 3. The van der Waals surface area contributed by atoms with E-state index in [2.05, 4.69) is 13.8 Å². The van der Waals surface area contributed by atoms with E-state index in [1.165, 1.54) is 0 Å². The van der Waals surface area contributed by atoms with Gasteiger partial charge in [0.25, 0.3) is 5.91 Å². The van der Waals surface area contributed by atoms with Crippen molar-refractivity contribution in [1.29, 1.82) is 0 Å². The van der Waals surface area contributed by atoms with Crippen LogP contribution in [0.25, 0.3) is 11.0 Å². The second-order valence-corrected chi connectivity index (χ2v) is 9.02. The summed E-state index contributed by atoms with van der Waals surface area (Å²) in [5.41, 5.74) is 3.57. The van der Waals surface area contributed by atoms with Gasteiger partial charge in [-0.25, -0.2) is 0 Å². The quantitative estimate of drug-likeness (QED) is 0.360. The van der Waals surface area contributed by atoms with E-state index < -0.39 is 6.04 Å². The van der Waals surface area contributed by atoms with Crippen LogP contribution in [0, 0.1) is 13.8 Å². The standard InChI is InChI=1S/C28H33NO4/c1-5-7-9-13-29-24(20-11-10-12-21(17-20)32-14-8-6-2)23-25(30)22-16-18(3)15-19(4)26(22)33-27(23)28(29)31/h10-12,15-17,24H,5-9,13-14H2,1-4H3. The SMILES string of the molecule is CCCCCN1C(=O)c2oc3c(C)cc(C)cc3c(=O)c2C1c1cccc(OCCCC)c1. The first kappa shape index (κ1) is 23.1. The maximum absolute atomic E-state index is 13.8. The van der Waals surface area contributed by atoms with E-state index in [9.17, 15) is 9.59 Å². The first-order valence-corrected chi connectivity index (χ1v) is 12.1. The van der Waals surface area contributed by atoms with Crippen molar-refractivity contribution in [3.63, 3.8) is 0 Å².